The molecule has 0 bridgehead atoms. The third kappa shape index (κ3) is 10.3. The molecule has 1 aliphatic rings. The van der Waals surface area contributed by atoms with Crippen LogP contribution in [0.15, 0.2) is 114 Å². The molecule has 1 aliphatic heterocycles. The molecule has 0 atom stereocenters. The molecule has 13 heteroatoms. The largest absolute Gasteiger partial charge is 0.494 e. The molecule has 0 unspecified atom stereocenters. The first-order chi connectivity index (χ1) is 32.7. The van der Waals surface area contributed by atoms with Crippen LogP contribution in [0.25, 0.3) is 55.1 Å². The highest BCUT2D eigenvalue weighted by Gasteiger charge is 2.25. The van der Waals surface area contributed by atoms with Crippen molar-refractivity contribution in [3.05, 3.63) is 148 Å². The molecule has 1 N–H and O–H groups in total. The van der Waals surface area contributed by atoms with Crippen LogP contribution in [0.1, 0.15) is 81.0 Å². The number of aromatic amines is 1. The van der Waals surface area contributed by atoms with Crippen LogP contribution in [0, 0.1) is 5.82 Å². The Balaban J connectivity index is 0.865. The van der Waals surface area contributed by atoms with Crippen LogP contribution in [0.2, 0.25) is 5.02 Å². The number of fused-ring (bicyclic) bond motifs is 4. The Morgan fingerprint density at radius 3 is 2.40 bits per heavy atom. The van der Waals surface area contributed by atoms with Gasteiger partial charge in [0.15, 0.2) is 0 Å². The van der Waals surface area contributed by atoms with E-state index in [-0.39, 0.29) is 17.5 Å². The normalized spacial score (nSPS) is 13.8. The fourth-order valence-corrected chi connectivity index (χ4v) is 9.58. The maximum Gasteiger partial charge on any atom is 0.329 e. The Hall–Kier alpha value is -6.34. The second-order valence-corrected chi connectivity index (χ2v) is 18.0. The van der Waals surface area contributed by atoms with Gasteiger partial charge in [0.05, 0.1) is 52.7 Å². The molecule has 11 nitrogen and oxygen atoms in total. The topological polar surface area (TPSA) is 112 Å². The Morgan fingerprint density at radius 1 is 0.836 bits per heavy atom. The molecular formula is C54H57ClFN7O4. The third-order valence-electron chi connectivity index (χ3n) is 12.7. The lowest BCUT2D eigenvalue weighted by atomic mass is 9.87. The van der Waals surface area contributed by atoms with Gasteiger partial charge in [-0.05, 0) is 141 Å². The molecule has 346 valence electrons. The highest BCUT2D eigenvalue weighted by atomic mass is 35.5. The van der Waals surface area contributed by atoms with Crippen molar-refractivity contribution in [3.63, 3.8) is 0 Å². The van der Waals surface area contributed by atoms with Gasteiger partial charge >= 0.3 is 5.69 Å². The van der Waals surface area contributed by atoms with Gasteiger partial charge in [0.1, 0.15) is 11.6 Å². The van der Waals surface area contributed by atoms with Gasteiger partial charge in [-0.25, -0.2) is 14.2 Å². The standard InChI is InChI=1S/C54H57ClFN7O4/c1-4-44(45-18-15-41(56)32-47(45)55)52(38-13-19-48-40(30-38)34-59-60-48)36-10-16-43(17-11-36)66-26-8-6-5-7-25-62-50-35-57-49-20-12-37(39-14-21-51(58-33-39)67-27-9-24-61(2)3)31-46(49)53(50)63(54(62)64)42-22-28-65-29-23-42/h10-21,30-35,42H,4-9,22-29H2,1-3H3,(H,59,60)/b52-44+. The summed E-state index contributed by atoms with van der Waals surface area (Å²) in [7, 11) is 4.11. The maximum atomic E-state index is 14.4. The van der Waals surface area contributed by atoms with Crippen LogP contribution in [-0.2, 0) is 11.3 Å². The van der Waals surface area contributed by atoms with Gasteiger partial charge in [-0.1, -0.05) is 61.7 Å². The molecule has 0 amide bonds. The second-order valence-electron chi connectivity index (χ2n) is 17.6. The lowest BCUT2D eigenvalue weighted by Gasteiger charge is -2.23. The number of rotatable bonds is 19. The number of halogens is 2. The fourth-order valence-electron chi connectivity index (χ4n) is 9.30. The summed E-state index contributed by atoms with van der Waals surface area (Å²) in [6, 6.07) is 29.2. The summed E-state index contributed by atoms with van der Waals surface area (Å²) in [4.78, 5) is 26.0. The van der Waals surface area contributed by atoms with E-state index in [9.17, 15) is 9.18 Å². The van der Waals surface area contributed by atoms with Crippen LogP contribution in [0.3, 0.4) is 0 Å². The number of aromatic nitrogens is 6. The molecule has 1 fully saturated rings. The first-order valence-corrected chi connectivity index (χ1v) is 23.8. The highest BCUT2D eigenvalue weighted by molar-refractivity contribution is 6.32. The minimum atomic E-state index is -0.368. The van der Waals surface area contributed by atoms with Crippen LogP contribution >= 0.6 is 11.6 Å². The summed E-state index contributed by atoms with van der Waals surface area (Å²) < 4.78 is 35.9. The molecule has 0 radical (unpaired) electrons. The first kappa shape index (κ1) is 45.8. The summed E-state index contributed by atoms with van der Waals surface area (Å²) in [6.07, 6.45) is 12.4. The SMILES string of the molecule is CC/C(=C(/c1ccc(OCCCCCCn2c(=O)n(C3CCOCC3)c3c4cc(-c5ccc(OCCCN(C)C)nc5)ccc4ncc32)cc1)c1ccc2[nH]ncc2c1)c1ccc(F)cc1Cl. The predicted octanol–water partition coefficient (Wildman–Crippen LogP) is 11.8. The van der Waals surface area contributed by atoms with Crippen molar-refractivity contribution in [1.29, 1.82) is 0 Å². The smallest absolute Gasteiger partial charge is 0.329 e. The van der Waals surface area contributed by atoms with E-state index in [1.807, 2.05) is 64.1 Å². The Bertz CT molecular complexity index is 3060. The second kappa shape index (κ2) is 21.1. The number of pyridine rings is 2. The van der Waals surface area contributed by atoms with E-state index < -0.39 is 0 Å². The Kier molecular flexibility index (Phi) is 14.4. The van der Waals surface area contributed by atoms with Crippen molar-refractivity contribution < 1.29 is 18.6 Å². The molecule has 5 heterocycles. The van der Waals surface area contributed by atoms with Gasteiger partial charge in [-0.15, -0.1) is 0 Å². The Labute approximate surface area is 395 Å². The highest BCUT2D eigenvalue weighted by Crippen LogP contribution is 2.39. The number of aryl methyl sites for hydroxylation is 1. The molecule has 9 rings (SSSR count). The summed E-state index contributed by atoms with van der Waals surface area (Å²) in [5.74, 6) is 1.03. The summed E-state index contributed by atoms with van der Waals surface area (Å²) >= 11 is 6.64. The zero-order valence-corrected chi connectivity index (χ0v) is 39.2. The van der Waals surface area contributed by atoms with E-state index in [4.69, 9.17) is 30.8 Å². The third-order valence-corrected chi connectivity index (χ3v) is 13.1. The van der Waals surface area contributed by atoms with Crippen LogP contribution in [0.5, 0.6) is 11.6 Å². The molecule has 67 heavy (non-hydrogen) atoms. The van der Waals surface area contributed by atoms with E-state index in [2.05, 4.69) is 77.5 Å². The molecular weight excluding hydrogens is 865 g/mol. The molecule has 0 spiro atoms. The number of benzene rings is 4. The maximum absolute atomic E-state index is 14.4. The lowest BCUT2D eigenvalue weighted by molar-refractivity contribution is 0.0696. The van der Waals surface area contributed by atoms with Crippen LogP contribution in [-0.4, -0.2) is 81.3 Å². The number of unbranched alkanes of at least 4 members (excludes halogenated alkanes) is 3. The number of hydrogen-bond acceptors (Lipinski definition) is 8. The van der Waals surface area contributed by atoms with E-state index in [1.54, 1.807) is 6.07 Å². The Morgan fingerprint density at radius 2 is 1.63 bits per heavy atom. The number of imidazole rings is 1. The van der Waals surface area contributed by atoms with Gasteiger partial charge in [-0.3, -0.25) is 19.2 Å². The van der Waals surface area contributed by atoms with E-state index >= 15 is 0 Å². The number of nitrogens with one attached hydrogen (secondary N) is 1. The number of ether oxygens (including phenoxy) is 3. The minimum Gasteiger partial charge on any atom is -0.494 e. The van der Waals surface area contributed by atoms with Gasteiger partial charge in [0.2, 0.25) is 5.88 Å². The molecule has 8 aromatic rings. The average molecular weight is 923 g/mol. The zero-order chi connectivity index (χ0) is 46.3. The zero-order valence-electron chi connectivity index (χ0n) is 38.4. The van der Waals surface area contributed by atoms with Crippen molar-refractivity contribution in [3.8, 4) is 22.8 Å². The fraction of sp³-hybridized carbons (Fsp3) is 0.333. The van der Waals surface area contributed by atoms with E-state index in [0.29, 0.717) is 50.3 Å². The average Bonchev–Trinajstić information content (AvgIpc) is 3.94. The van der Waals surface area contributed by atoms with Crippen molar-refractivity contribution >= 4 is 55.6 Å². The quantitative estimate of drug-likeness (QED) is 0.0630. The monoisotopic (exact) mass is 921 g/mol. The molecule has 1 saturated heterocycles. The molecule has 4 aromatic carbocycles. The van der Waals surface area contributed by atoms with Crippen molar-refractivity contribution in [2.45, 2.75) is 70.9 Å². The summed E-state index contributed by atoms with van der Waals surface area (Å²) in [6.45, 7) is 6.11. The van der Waals surface area contributed by atoms with Crippen LogP contribution in [0.4, 0.5) is 4.39 Å². The van der Waals surface area contributed by atoms with Crippen molar-refractivity contribution in [1.82, 2.24) is 34.2 Å². The van der Waals surface area contributed by atoms with E-state index in [0.717, 1.165) is 129 Å². The van der Waals surface area contributed by atoms with Crippen LogP contribution < -0.4 is 15.2 Å². The number of hydrogen-bond donors (Lipinski definition) is 1. The molecule has 0 saturated carbocycles. The first-order valence-electron chi connectivity index (χ1n) is 23.5. The van der Waals surface area contributed by atoms with E-state index in [1.165, 1.54) is 12.1 Å². The van der Waals surface area contributed by atoms with Gasteiger partial charge in [0, 0.05) is 60.9 Å². The number of H-pyrrole nitrogens is 1. The summed E-state index contributed by atoms with van der Waals surface area (Å²) in [5.41, 5.74) is 10.4. The molecule has 4 aromatic heterocycles. The minimum absolute atomic E-state index is 0.0117. The van der Waals surface area contributed by atoms with Gasteiger partial charge < -0.3 is 19.1 Å². The number of nitrogens with zero attached hydrogens (tertiary/aromatic N) is 6. The van der Waals surface area contributed by atoms with Gasteiger partial charge in [0.25, 0.3) is 0 Å². The van der Waals surface area contributed by atoms with Gasteiger partial charge in [-0.2, -0.15) is 5.10 Å². The lowest BCUT2D eigenvalue weighted by Crippen LogP contribution is -2.30. The van der Waals surface area contributed by atoms with Crippen molar-refractivity contribution in [2.24, 2.45) is 0 Å². The summed E-state index contributed by atoms with van der Waals surface area (Å²) in [5, 5.41) is 9.58. The predicted molar refractivity (Wildman–Crippen MR) is 267 cm³/mol. The number of allylic oxidation sites excluding steroid dienone is 1. The van der Waals surface area contributed by atoms with Crippen molar-refractivity contribution in [2.75, 3.05) is 47.1 Å². The molecule has 0 aliphatic carbocycles.